The Morgan fingerprint density at radius 3 is 2.34 bits per heavy atom. The molecule has 0 radical (unpaired) electrons. The maximum absolute atomic E-state index is 13.1. The molecule has 0 N–H and O–H groups in total. The predicted molar refractivity (Wildman–Crippen MR) is 121 cm³/mol. The molecule has 9 nitrogen and oxygen atoms in total. The minimum Gasteiger partial charge on any atom is -0.497 e. The monoisotopic (exact) mass is 430 g/mol. The van der Waals surface area contributed by atoms with Crippen molar-refractivity contribution in [3.8, 4) is 22.8 Å². The first kappa shape index (κ1) is 21.0. The Kier molecular flexibility index (Phi) is 5.55. The first-order valence-electron chi connectivity index (χ1n) is 9.53. The van der Waals surface area contributed by atoms with E-state index in [2.05, 4.69) is 20.1 Å². The summed E-state index contributed by atoms with van der Waals surface area (Å²) in [4.78, 5) is 26.3. The molecule has 0 atom stereocenters. The molecule has 0 fully saturated rings. The van der Waals surface area contributed by atoms with Gasteiger partial charge in [0.2, 0.25) is 5.88 Å². The van der Waals surface area contributed by atoms with Crippen LogP contribution in [0.4, 0.5) is 0 Å². The Labute approximate surface area is 183 Å². The summed E-state index contributed by atoms with van der Waals surface area (Å²) in [6.07, 6.45) is 4.81. The zero-order valence-corrected chi connectivity index (χ0v) is 16.9. The van der Waals surface area contributed by atoms with Crippen molar-refractivity contribution in [2.24, 2.45) is 0 Å². The molecule has 5 rings (SSSR count). The van der Waals surface area contributed by atoms with Crippen molar-refractivity contribution in [3.63, 3.8) is 0 Å². The zero-order chi connectivity index (χ0) is 21.4. The molecule has 4 heterocycles. The second-order valence-corrected chi connectivity index (χ2v) is 6.90. The fourth-order valence-corrected chi connectivity index (χ4v) is 3.49. The molecular formula is C23H22N6O3. The highest BCUT2D eigenvalue weighted by atomic mass is 16.5. The highest BCUT2D eigenvalue weighted by Crippen LogP contribution is 2.25. The molecule has 0 aliphatic heterocycles. The molecule has 4 aromatic heterocycles. The quantitative estimate of drug-likeness (QED) is 0.422. The number of fused-ring (bicyclic) bond motifs is 3. The van der Waals surface area contributed by atoms with Gasteiger partial charge in [-0.3, -0.25) is 4.57 Å². The van der Waals surface area contributed by atoms with E-state index in [-0.39, 0.29) is 13.1 Å². The van der Waals surface area contributed by atoms with Crippen molar-refractivity contribution in [3.05, 3.63) is 77.2 Å². The maximum Gasteiger partial charge on any atom is 0.352 e. The molecule has 5 aromatic rings. The zero-order valence-electron chi connectivity index (χ0n) is 16.9. The van der Waals surface area contributed by atoms with Crippen molar-refractivity contribution < 1.29 is 9.47 Å². The lowest BCUT2D eigenvalue weighted by molar-refractivity contribution is 0.398. The van der Waals surface area contributed by atoms with E-state index in [1.54, 1.807) is 37.2 Å². The Morgan fingerprint density at radius 2 is 1.66 bits per heavy atom. The number of aromatic nitrogens is 6. The van der Waals surface area contributed by atoms with Crippen LogP contribution in [0.3, 0.4) is 0 Å². The maximum atomic E-state index is 13.1. The number of hydrogen-bond donors (Lipinski definition) is 0. The molecule has 0 saturated heterocycles. The van der Waals surface area contributed by atoms with Gasteiger partial charge in [-0.05, 0) is 29.8 Å². The highest BCUT2D eigenvalue weighted by Gasteiger charge is 2.15. The van der Waals surface area contributed by atoms with Crippen molar-refractivity contribution in [1.29, 1.82) is 0 Å². The summed E-state index contributed by atoms with van der Waals surface area (Å²) in [5.74, 6) is 1.29. The molecule has 162 valence electrons. The number of pyridine rings is 2. The second-order valence-electron chi connectivity index (χ2n) is 6.90. The van der Waals surface area contributed by atoms with Gasteiger partial charge in [-0.2, -0.15) is 9.61 Å². The molecule has 32 heavy (non-hydrogen) atoms. The van der Waals surface area contributed by atoms with E-state index in [1.165, 1.54) is 10.8 Å². The van der Waals surface area contributed by atoms with Gasteiger partial charge in [-0.1, -0.05) is 19.6 Å². The first-order valence-corrected chi connectivity index (χ1v) is 9.53. The van der Waals surface area contributed by atoms with Crippen LogP contribution in [0.2, 0.25) is 0 Å². The summed E-state index contributed by atoms with van der Waals surface area (Å²) in [6, 6.07) is 13.2. The van der Waals surface area contributed by atoms with E-state index in [9.17, 15) is 4.79 Å². The Bertz CT molecular complexity index is 1440. The fraction of sp³-hybridized carbons (Fsp3) is 0.174. The molecule has 0 spiro atoms. The topological polar surface area (TPSA) is 96.4 Å². The highest BCUT2D eigenvalue weighted by molar-refractivity contribution is 5.91. The number of methoxy groups -OCH3 is 2. The first-order chi connectivity index (χ1) is 15.2. The SMILES string of the molecule is C.COc1ccc(Cn2c(=O)n3ncnc3c3cc(-c4ccc(OC)nc4)cnc32)cc1. The van der Waals surface area contributed by atoms with Crippen molar-refractivity contribution in [2.75, 3.05) is 14.2 Å². The molecule has 0 aliphatic rings. The third kappa shape index (κ3) is 3.53. The predicted octanol–water partition coefficient (Wildman–Crippen LogP) is 3.20. The average Bonchev–Trinajstić information content (AvgIpc) is 3.32. The summed E-state index contributed by atoms with van der Waals surface area (Å²) in [5, 5.41) is 4.84. The summed E-state index contributed by atoms with van der Waals surface area (Å²) in [6.45, 7) is 0.339. The Morgan fingerprint density at radius 1 is 0.875 bits per heavy atom. The van der Waals surface area contributed by atoms with Crippen LogP contribution < -0.4 is 15.2 Å². The van der Waals surface area contributed by atoms with Gasteiger partial charge in [0.25, 0.3) is 0 Å². The standard InChI is InChI=1S/C22H18N6O3.CH4/c1-30-17-6-3-14(4-7-17)12-27-20-18(21-25-13-26-28(21)22(27)29)9-16(11-24-20)15-5-8-19(31-2)23-10-15;/h3-11,13H,12H2,1-2H3;1H4. The van der Waals surface area contributed by atoms with E-state index in [1.807, 2.05) is 36.4 Å². The van der Waals surface area contributed by atoms with Gasteiger partial charge in [0, 0.05) is 29.6 Å². The molecular weight excluding hydrogens is 408 g/mol. The van der Waals surface area contributed by atoms with E-state index in [0.29, 0.717) is 23.7 Å². The van der Waals surface area contributed by atoms with Crippen LogP contribution in [0.1, 0.15) is 13.0 Å². The van der Waals surface area contributed by atoms with Crippen LogP contribution in [0.25, 0.3) is 27.8 Å². The van der Waals surface area contributed by atoms with Crippen LogP contribution in [0.15, 0.2) is 66.0 Å². The smallest absolute Gasteiger partial charge is 0.352 e. The lowest BCUT2D eigenvalue weighted by Crippen LogP contribution is -2.28. The van der Waals surface area contributed by atoms with Gasteiger partial charge >= 0.3 is 5.69 Å². The van der Waals surface area contributed by atoms with Gasteiger partial charge < -0.3 is 9.47 Å². The lowest BCUT2D eigenvalue weighted by atomic mass is 10.1. The molecule has 0 saturated carbocycles. The Balaban J connectivity index is 0.00000245. The van der Waals surface area contributed by atoms with Crippen molar-refractivity contribution >= 4 is 16.7 Å². The van der Waals surface area contributed by atoms with E-state index in [0.717, 1.165) is 27.8 Å². The Hall–Kier alpha value is -4.27. The number of benzene rings is 1. The molecule has 0 bridgehead atoms. The second kappa shape index (κ2) is 8.46. The minimum atomic E-state index is -0.304. The van der Waals surface area contributed by atoms with Gasteiger partial charge in [-0.15, -0.1) is 0 Å². The molecule has 0 aliphatic carbocycles. The number of nitrogens with zero attached hydrogens (tertiary/aromatic N) is 6. The van der Waals surface area contributed by atoms with Gasteiger partial charge in [0.15, 0.2) is 5.65 Å². The van der Waals surface area contributed by atoms with Crippen LogP contribution in [-0.2, 0) is 6.54 Å². The third-order valence-corrected chi connectivity index (χ3v) is 5.10. The molecule has 0 unspecified atom stereocenters. The fourth-order valence-electron chi connectivity index (χ4n) is 3.49. The van der Waals surface area contributed by atoms with E-state index in [4.69, 9.17) is 9.47 Å². The molecule has 1 aromatic carbocycles. The summed E-state index contributed by atoms with van der Waals surface area (Å²) in [7, 11) is 3.19. The number of hydrogen-bond acceptors (Lipinski definition) is 7. The van der Waals surface area contributed by atoms with E-state index < -0.39 is 0 Å². The largest absolute Gasteiger partial charge is 0.497 e. The number of rotatable bonds is 5. The van der Waals surface area contributed by atoms with Crippen LogP contribution in [0.5, 0.6) is 11.6 Å². The molecule has 0 amide bonds. The minimum absolute atomic E-state index is 0. The van der Waals surface area contributed by atoms with Gasteiger partial charge in [0.1, 0.15) is 17.7 Å². The van der Waals surface area contributed by atoms with Gasteiger partial charge in [-0.25, -0.2) is 19.7 Å². The van der Waals surface area contributed by atoms with Gasteiger partial charge in [0.05, 0.1) is 26.2 Å². The normalized spacial score (nSPS) is 10.8. The van der Waals surface area contributed by atoms with Crippen LogP contribution >= 0.6 is 0 Å². The third-order valence-electron chi connectivity index (χ3n) is 5.10. The van der Waals surface area contributed by atoms with Crippen LogP contribution in [0, 0.1) is 0 Å². The summed E-state index contributed by atoms with van der Waals surface area (Å²) in [5.41, 5.74) is 3.35. The van der Waals surface area contributed by atoms with E-state index >= 15 is 0 Å². The summed E-state index contributed by atoms with van der Waals surface area (Å²) < 4.78 is 13.2. The summed E-state index contributed by atoms with van der Waals surface area (Å²) >= 11 is 0. The average molecular weight is 430 g/mol. The number of ether oxygens (including phenoxy) is 2. The van der Waals surface area contributed by atoms with Crippen molar-refractivity contribution in [2.45, 2.75) is 14.0 Å². The van der Waals surface area contributed by atoms with Crippen LogP contribution in [-0.4, -0.2) is 43.4 Å². The molecule has 9 heteroatoms. The van der Waals surface area contributed by atoms with Crippen molar-refractivity contribution in [1.82, 2.24) is 29.1 Å². The lowest BCUT2D eigenvalue weighted by Gasteiger charge is -2.12.